The van der Waals surface area contributed by atoms with Gasteiger partial charge in [0.15, 0.2) is 5.78 Å². The monoisotopic (exact) mass is 346 g/mol. The van der Waals surface area contributed by atoms with E-state index in [1.165, 1.54) is 6.07 Å². The second-order valence-electron chi connectivity index (χ2n) is 7.20. The van der Waals surface area contributed by atoms with Gasteiger partial charge in [0, 0.05) is 18.1 Å². The largest absolute Gasteiger partial charge is 0.507 e. The molecule has 0 aliphatic carbocycles. The van der Waals surface area contributed by atoms with Crippen LogP contribution < -0.4 is 4.74 Å². The van der Waals surface area contributed by atoms with Crippen LogP contribution in [0.2, 0.25) is 0 Å². The summed E-state index contributed by atoms with van der Waals surface area (Å²) in [7, 11) is 0. The zero-order chi connectivity index (χ0) is 19.1. The highest BCUT2D eigenvalue weighted by Gasteiger charge is 2.23. The molecule has 2 N–H and O–H groups in total. The van der Waals surface area contributed by atoms with Gasteiger partial charge in [-0.1, -0.05) is 31.1 Å². The van der Waals surface area contributed by atoms with Crippen LogP contribution in [0.25, 0.3) is 0 Å². The van der Waals surface area contributed by atoms with Gasteiger partial charge in [0.05, 0.1) is 0 Å². The number of phenolic OH excluding ortho intramolecular Hbond substituents is 2. The number of phenols is 2. The van der Waals surface area contributed by atoms with Gasteiger partial charge >= 0.3 is 0 Å². The van der Waals surface area contributed by atoms with Gasteiger partial charge in [0.2, 0.25) is 0 Å². The lowest BCUT2D eigenvalue weighted by Gasteiger charge is -2.16. The van der Waals surface area contributed by atoms with Crippen LogP contribution in [0.15, 0.2) is 29.4 Å². The fourth-order valence-electron chi connectivity index (χ4n) is 2.35. The number of hydrogen-bond acceptors (Lipinski definition) is 4. The van der Waals surface area contributed by atoms with E-state index >= 15 is 0 Å². The lowest BCUT2D eigenvalue weighted by molar-refractivity contribution is 0.0962. The molecule has 0 fully saturated rings. The molecule has 1 aromatic carbocycles. The topological polar surface area (TPSA) is 66.8 Å². The first-order valence-electron chi connectivity index (χ1n) is 8.64. The third-order valence-corrected chi connectivity index (χ3v) is 3.66. The molecule has 0 atom stereocenters. The van der Waals surface area contributed by atoms with Gasteiger partial charge in [-0.15, -0.1) is 0 Å². The molecule has 0 heterocycles. The van der Waals surface area contributed by atoms with Crippen molar-refractivity contribution < 1.29 is 19.7 Å². The second kappa shape index (κ2) is 9.30. The van der Waals surface area contributed by atoms with Crippen molar-refractivity contribution in [1.29, 1.82) is 0 Å². The Morgan fingerprint density at radius 3 is 2.24 bits per heavy atom. The fraction of sp³-hybridized carbons (Fsp3) is 0.476. The third kappa shape index (κ3) is 6.29. The number of ketones is 1. The summed E-state index contributed by atoms with van der Waals surface area (Å²) in [6, 6.07) is 1.43. The Balaban J connectivity index is 3.35. The summed E-state index contributed by atoms with van der Waals surface area (Å²) in [4.78, 5) is 12.4. The van der Waals surface area contributed by atoms with Gasteiger partial charge in [-0.25, -0.2) is 0 Å². The van der Waals surface area contributed by atoms with Crippen LogP contribution in [0.1, 0.15) is 63.9 Å². The first kappa shape index (κ1) is 20.8. The van der Waals surface area contributed by atoms with E-state index in [0.29, 0.717) is 24.3 Å². The number of allylic oxidation sites excluding steroid dienone is 3. The SMILES string of the molecule is CC(C)=CCOc1cc(O)c(C(=O)CC(C)C)c(O)c1CC=C(C)C. The summed E-state index contributed by atoms with van der Waals surface area (Å²) in [5, 5.41) is 20.9. The van der Waals surface area contributed by atoms with Crippen LogP contribution in [0, 0.1) is 5.92 Å². The zero-order valence-electron chi connectivity index (χ0n) is 16.1. The molecule has 4 nitrogen and oxygen atoms in total. The Labute approximate surface area is 150 Å². The van der Waals surface area contributed by atoms with E-state index in [0.717, 1.165) is 11.1 Å². The number of carbonyl (C=O) groups is 1. The molecular formula is C21H30O4. The van der Waals surface area contributed by atoms with Crippen molar-refractivity contribution in [3.05, 3.63) is 40.5 Å². The minimum Gasteiger partial charge on any atom is -0.507 e. The van der Waals surface area contributed by atoms with Crippen molar-refractivity contribution >= 4 is 5.78 Å². The predicted molar refractivity (Wildman–Crippen MR) is 102 cm³/mol. The van der Waals surface area contributed by atoms with E-state index in [9.17, 15) is 15.0 Å². The molecule has 1 aromatic rings. The van der Waals surface area contributed by atoms with E-state index in [2.05, 4.69) is 0 Å². The molecule has 0 aliphatic rings. The summed E-state index contributed by atoms with van der Waals surface area (Å²) in [5.74, 6) is -0.154. The van der Waals surface area contributed by atoms with Crippen molar-refractivity contribution in [1.82, 2.24) is 0 Å². The lowest BCUT2D eigenvalue weighted by Crippen LogP contribution is -2.07. The Hall–Kier alpha value is -2.23. The lowest BCUT2D eigenvalue weighted by atomic mass is 9.95. The van der Waals surface area contributed by atoms with Crippen molar-refractivity contribution in [2.75, 3.05) is 6.61 Å². The molecule has 0 amide bonds. The van der Waals surface area contributed by atoms with Crippen molar-refractivity contribution in [3.63, 3.8) is 0 Å². The number of ether oxygens (including phenoxy) is 1. The first-order chi connectivity index (χ1) is 11.6. The molecule has 0 aliphatic heterocycles. The average molecular weight is 346 g/mol. The Kier molecular flexibility index (Phi) is 7.75. The smallest absolute Gasteiger partial charge is 0.170 e. The first-order valence-corrected chi connectivity index (χ1v) is 8.64. The van der Waals surface area contributed by atoms with Crippen molar-refractivity contribution in [2.24, 2.45) is 5.92 Å². The van der Waals surface area contributed by atoms with E-state index in [1.807, 2.05) is 53.7 Å². The molecule has 0 saturated heterocycles. The molecule has 4 heteroatoms. The van der Waals surface area contributed by atoms with E-state index in [1.54, 1.807) is 0 Å². The summed E-state index contributed by atoms with van der Waals surface area (Å²) in [6.07, 6.45) is 4.56. The van der Waals surface area contributed by atoms with Crippen LogP contribution in [0.3, 0.4) is 0 Å². The molecule has 0 spiro atoms. The molecule has 0 aromatic heterocycles. The summed E-state index contributed by atoms with van der Waals surface area (Å²) in [6.45, 7) is 12.0. The summed E-state index contributed by atoms with van der Waals surface area (Å²) < 4.78 is 5.72. The maximum absolute atomic E-state index is 12.4. The number of rotatable bonds is 8. The van der Waals surface area contributed by atoms with Crippen LogP contribution in [-0.2, 0) is 6.42 Å². The van der Waals surface area contributed by atoms with Crippen molar-refractivity contribution in [2.45, 2.75) is 54.4 Å². The second-order valence-corrected chi connectivity index (χ2v) is 7.20. The van der Waals surface area contributed by atoms with Crippen molar-refractivity contribution in [3.8, 4) is 17.2 Å². The predicted octanol–water partition coefficient (Wildman–Crippen LogP) is 5.18. The van der Waals surface area contributed by atoms with Crippen LogP contribution in [0.4, 0.5) is 0 Å². The molecule has 0 bridgehead atoms. The van der Waals surface area contributed by atoms with Crippen LogP contribution >= 0.6 is 0 Å². The fourth-order valence-corrected chi connectivity index (χ4v) is 2.35. The van der Waals surface area contributed by atoms with Crippen LogP contribution in [0.5, 0.6) is 17.2 Å². The van der Waals surface area contributed by atoms with Gasteiger partial charge < -0.3 is 14.9 Å². The van der Waals surface area contributed by atoms with Gasteiger partial charge in [0.1, 0.15) is 29.4 Å². The minimum absolute atomic E-state index is 0.0135. The standard InChI is InChI=1S/C21H30O4/c1-13(2)7-8-16-19(25-10-9-14(3)4)12-18(23)20(21(16)24)17(22)11-15(5)6/h7,9,12,15,23-24H,8,10-11H2,1-6H3. The maximum Gasteiger partial charge on any atom is 0.170 e. The highest BCUT2D eigenvalue weighted by atomic mass is 16.5. The number of hydrogen-bond donors (Lipinski definition) is 2. The normalized spacial score (nSPS) is 10.5. The van der Waals surface area contributed by atoms with Gasteiger partial charge in [0.25, 0.3) is 0 Å². The summed E-state index contributed by atoms with van der Waals surface area (Å²) >= 11 is 0. The quantitative estimate of drug-likeness (QED) is 0.503. The van der Waals surface area contributed by atoms with Gasteiger partial charge in [-0.05, 0) is 46.1 Å². The molecule has 25 heavy (non-hydrogen) atoms. The number of carbonyl (C=O) groups excluding carboxylic acids is 1. The third-order valence-electron chi connectivity index (χ3n) is 3.66. The minimum atomic E-state index is -0.265. The average Bonchev–Trinajstić information content (AvgIpc) is 2.44. The van der Waals surface area contributed by atoms with E-state index in [4.69, 9.17) is 4.74 Å². The van der Waals surface area contributed by atoms with E-state index < -0.39 is 0 Å². The molecule has 0 saturated carbocycles. The maximum atomic E-state index is 12.4. The van der Waals surface area contributed by atoms with Gasteiger partial charge in [-0.2, -0.15) is 0 Å². The van der Waals surface area contributed by atoms with Crippen LogP contribution in [-0.4, -0.2) is 22.6 Å². The zero-order valence-corrected chi connectivity index (χ0v) is 16.1. The molecule has 138 valence electrons. The Bertz CT molecular complexity index is 674. The van der Waals surface area contributed by atoms with E-state index in [-0.39, 0.29) is 35.2 Å². The number of aromatic hydroxyl groups is 2. The van der Waals surface area contributed by atoms with Gasteiger partial charge in [-0.3, -0.25) is 4.79 Å². The number of Topliss-reactive ketones (excluding diaryl/α,β-unsaturated/α-hetero) is 1. The molecular weight excluding hydrogens is 316 g/mol. The summed E-state index contributed by atoms with van der Waals surface area (Å²) in [5.41, 5.74) is 2.72. The number of benzene rings is 1. The molecule has 0 radical (unpaired) electrons. The molecule has 1 rings (SSSR count). The Morgan fingerprint density at radius 2 is 1.72 bits per heavy atom. The highest BCUT2D eigenvalue weighted by Crippen LogP contribution is 2.39. The highest BCUT2D eigenvalue weighted by molar-refractivity contribution is 6.02. The Morgan fingerprint density at radius 1 is 1.12 bits per heavy atom. The molecule has 0 unspecified atom stereocenters.